The van der Waals surface area contributed by atoms with E-state index in [9.17, 15) is 13.2 Å². The lowest BCUT2D eigenvalue weighted by Crippen LogP contribution is -2.37. The van der Waals surface area contributed by atoms with Gasteiger partial charge in [0.15, 0.2) is 0 Å². The maximum atomic E-state index is 10.7. The standard InChI is InChI=1S/C9H14Si.CHF3O3S/c1-10(2,3)9-7-5-4-6-8-9;2-1(3,4)8(5,6)7/h4-8H,1-3H3;(H,5,6,7). The molecule has 0 spiro atoms. The van der Waals surface area contributed by atoms with Crippen LogP contribution in [0.3, 0.4) is 0 Å². The van der Waals surface area contributed by atoms with E-state index >= 15 is 0 Å². The molecule has 0 amide bonds. The number of alkyl halides is 3. The molecule has 8 heteroatoms. The largest absolute Gasteiger partial charge is 0.522 e. The van der Waals surface area contributed by atoms with Crippen molar-refractivity contribution in [3.05, 3.63) is 30.3 Å². The van der Waals surface area contributed by atoms with E-state index in [0.29, 0.717) is 0 Å². The van der Waals surface area contributed by atoms with E-state index in [1.54, 1.807) is 0 Å². The molecule has 0 fully saturated rings. The minimum absolute atomic E-state index is 1.03. The highest BCUT2D eigenvalue weighted by Crippen LogP contribution is 2.20. The monoisotopic (exact) mass is 300 g/mol. The Balaban J connectivity index is 0.000000331. The molecule has 0 aliphatic heterocycles. The summed E-state index contributed by atoms with van der Waals surface area (Å²) in [4.78, 5) is 0. The predicted molar refractivity (Wildman–Crippen MR) is 67.0 cm³/mol. The van der Waals surface area contributed by atoms with Gasteiger partial charge in [-0.05, 0) is 0 Å². The van der Waals surface area contributed by atoms with Crippen LogP contribution in [-0.2, 0) is 10.1 Å². The lowest BCUT2D eigenvalue weighted by Gasteiger charge is -2.15. The zero-order chi connectivity index (χ0) is 14.6. The van der Waals surface area contributed by atoms with E-state index in [4.69, 9.17) is 13.0 Å². The van der Waals surface area contributed by atoms with Crippen molar-refractivity contribution in [3.8, 4) is 0 Å². The maximum Gasteiger partial charge on any atom is 0.522 e. The van der Waals surface area contributed by atoms with Crippen molar-refractivity contribution in [1.29, 1.82) is 0 Å². The second-order valence-corrected chi connectivity index (χ2v) is 11.0. The van der Waals surface area contributed by atoms with Crippen molar-refractivity contribution in [3.63, 3.8) is 0 Å². The summed E-state index contributed by atoms with van der Waals surface area (Å²) >= 11 is 0. The van der Waals surface area contributed by atoms with Crippen LogP contribution in [0.5, 0.6) is 0 Å². The van der Waals surface area contributed by atoms with Gasteiger partial charge in [-0.3, -0.25) is 4.55 Å². The zero-order valence-corrected chi connectivity index (χ0v) is 12.0. The van der Waals surface area contributed by atoms with Crippen molar-refractivity contribution in [2.45, 2.75) is 25.1 Å². The minimum Gasteiger partial charge on any atom is -0.279 e. The first-order valence-corrected chi connectivity index (χ1v) is 9.89. The molecule has 0 saturated carbocycles. The molecule has 1 aromatic carbocycles. The molecule has 1 rings (SSSR count). The summed E-state index contributed by atoms with van der Waals surface area (Å²) in [6.07, 6.45) is 0. The fraction of sp³-hybridized carbons (Fsp3) is 0.400. The highest BCUT2D eigenvalue weighted by atomic mass is 32.2. The van der Waals surface area contributed by atoms with Gasteiger partial charge >= 0.3 is 15.6 Å². The van der Waals surface area contributed by atoms with Crippen LogP contribution >= 0.6 is 0 Å². The van der Waals surface area contributed by atoms with E-state index in [1.807, 2.05) is 0 Å². The lowest BCUT2D eigenvalue weighted by atomic mass is 10.4. The van der Waals surface area contributed by atoms with E-state index in [-0.39, 0.29) is 0 Å². The molecule has 0 saturated heterocycles. The summed E-state index contributed by atoms with van der Waals surface area (Å²) in [7, 11) is -6.87. The van der Waals surface area contributed by atoms with Gasteiger partial charge in [-0.1, -0.05) is 55.2 Å². The summed E-state index contributed by atoms with van der Waals surface area (Å²) in [6, 6.07) is 10.8. The van der Waals surface area contributed by atoms with Crippen LogP contribution in [0.25, 0.3) is 0 Å². The molecule has 0 radical (unpaired) electrons. The van der Waals surface area contributed by atoms with Crippen LogP contribution in [0, 0.1) is 0 Å². The minimum atomic E-state index is -5.84. The Morgan fingerprint density at radius 2 is 1.39 bits per heavy atom. The van der Waals surface area contributed by atoms with Crippen molar-refractivity contribution in [1.82, 2.24) is 0 Å². The Hall–Kier alpha value is -0.863. The van der Waals surface area contributed by atoms with Gasteiger partial charge in [0, 0.05) is 0 Å². The van der Waals surface area contributed by atoms with Crippen LogP contribution < -0.4 is 5.19 Å². The number of hydrogen-bond donors (Lipinski definition) is 1. The van der Waals surface area contributed by atoms with Crippen molar-refractivity contribution >= 4 is 23.4 Å². The molecule has 0 aromatic heterocycles. The Kier molecular flexibility index (Phi) is 5.57. The van der Waals surface area contributed by atoms with E-state index in [0.717, 1.165) is 0 Å². The van der Waals surface area contributed by atoms with Crippen molar-refractivity contribution < 1.29 is 26.1 Å². The molecular weight excluding hydrogens is 285 g/mol. The molecule has 3 nitrogen and oxygen atoms in total. The topological polar surface area (TPSA) is 54.4 Å². The number of benzene rings is 1. The summed E-state index contributed by atoms with van der Waals surface area (Å²) in [5.41, 5.74) is -5.53. The Bertz CT molecular complexity index is 463. The summed E-state index contributed by atoms with van der Waals surface area (Å²) in [6.45, 7) is 7.09. The predicted octanol–water partition coefficient (Wildman–Crippen LogP) is 2.63. The summed E-state index contributed by atoms with van der Waals surface area (Å²) in [5.74, 6) is 0. The van der Waals surface area contributed by atoms with Gasteiger partial charge in [-0.25, -0.2) is 0 Å². The molecular formula is C10H15F3O3SSi. The first-order chi connectivity index (χ1) is 7.86. The van der Waals surface area contributed by atoms with Crippen molar-refractivity contribution in [2.24, 2.45) is 0 Å². The molecule has 0 bridgehead atoms. The number of halogens is 3. The Morgan fingerprint density at radius 1 is 1.06 bits per heavy atom. The molecule has 0 aliphatic carbocycles. The van der Waals surface area contributed by atoms with E-state index in [2.05, 4.69) is 50.0 Å². The average molecular weight is 300 g/mol. The fourth-order valence-corrected chi connectivity index (χ4v) is 2.13. The van der Waals surface area contributed by atoms with Crippen LogP contribution in [0.1, 0.15) is 0 Å². The van der Waals surface area contributed by atoms with Crippen LogP contribution in [0.4, 0.5) is 13.2 Å². The van der Waals surface area contributed by atoms with Crippen molar-refractivity contribution in [2.75, 3.05) is 0 Å². The third-order valence-corrected chi connectivity index (χ3v) is 4.58. The van der Waals surface area contributed by atoms with E-state index < -0.39 is 23.7 Å². The van der Waals surface area contributed by atoms with Gasteiger partial charge in [-0.2, -0.15) is 21.6 Å². The molecule has 104 valence electrons. The average Bonchev–Trinajstić information content (AvgIpc) is 2.15. The van der Waals surface area contributed by atoms with Gasteiger partial charge in [0.05, 0.1) is 8.07 Å². The zero-order valence-electron chi connectivity index (χ0n) is 10.2. The normalized spacial score (nSPS) is 12.6. The smallest absolute Gasteiger partial charge is 0.279 e. The highest BCUT2D eigenvalue weighted by molar-refractivity contribution is 7.86. The van der Waals surface area contributed by atoms with E-state index in [1.165, 1.54) is 5.19 Å². The first kappa shape index (κ1) is 17.1. The molecule has 1 aromatic rings. The lowest BCUT2D eigenvalue weighted by molar-refractivity contribution is -0.0510. The van der Waals surface area contributed by atoms with Gasteiger partial charge in [0.25, 0.3) is 0 Å². The molecule has 0 unspecified atom stereocenters. The maximum absolute atomic E-state index is 10.7. The van der Waals surface area contributed by atoms with Crippen LogP contribution in [-0.4, -0.2) is 26.6 Å². The van der Waals surface area contributed by atoms with Crippen LogP contribution in [0.2, 0.25) is 19.6 Å². The third-order valence-electron chi connectivity index (χ3n) is 1.93. The number of hydrogen-bond acceptors (Lipinski definition) is 2. The van der Waals surface area contributed by atoms with Gasteiger partial charge in [-0.15, -0.1) is 0 Å². The highest BCUT2D eigenvalue weighted by Gasteiger charge is 2.44. The second-order valence-electron chi connectivity index (χ2n) is 4.54. The SMILES string of the molecule is C[Si](C)(C)c1ccccc1.O=S(=O)(O)C(F)(F)F. The quantitative estimate of drug-likeness (QED) is 0.493. The fourth-order valence-electron chi connectivity index (χ4n) is 0.938. The van der Waals surface area contributed by atoms with Gasteiger partial charge < -0.3 is 0 Å². The van der Waals surface area contributed by atoms with Gasteiger partial charge in [0.2, 0.25) is 0 Å². The summed E-state index contributed by atoms with van der Waals surface area (Å²) < 4.78 is 57.5. The first-order valence-electron chi connectivity index (χ1n) is 4.95. The Labute approximate surface area is 105 Å². The molecule has 0 heterocycles. The molecule has 18 heavy (non-hydrogen) atoms. The second kappa shape index (κ2) is 5.85. The van der Waals surface area contributed by atoms with Gasteiger partial charge in [0.1, 0.15) is 0 Å². The summed E-state index contributed by atoms with van der Waals surface area (Å²) in [5, 5.41) is 1.54. The molecule has 1 N–H and O–H groups in total. The molecule has 0 atom stereocenters. The Morgan fingerprint density at radius 3 is 1.56 bits per heavy atom. The third kappa shape index (κ3) is 6.17. The number of rotatable bonds is 1. The molecule has 0 aliphatic rings. The van der Waals surface area contributed by atoms with Crippen LogP contribution in [0.15, 0.2) is 30.3 Å².